The molecule has 1 aromatic carbocycles. The highest BCUT2D eigenvalue weighted by atomic mass is 79.9. The molecular weight excluding hydrogens is 254 g/mol. The van der Waals surface area contributed by atoms with Crippen molar-refractivity contribution >= 4 is 27.8 Å². The molecule has 0 saturated heterocycles. The van der Waals surface area contributed by atoms with Gasteiger partial charge in [-0.1, -0.05) is 34.1 Å². The number of carbonyl (C=O) groups excluding carboxylic acids is 1. The fourth-order valence-electron chi connectivity index (χ4n) is 1.16. The van der Waals surface area contributed by atoms with Gasteiger partial charge in [0.15, 0.2) is 0 Å². The van der Waals surface area contributed by atoms with Gasteiger partial charge in [-0.05, 0) is 31.8 Å². The molecule has 0 aliphatic heterocycles. The van der Waals surface area contributed by atoms with Crippen LogP contribution < -0.4 is 0 Å². The Labute approximate surface area is 98.7 Å². The molecule has 0 atom stereocenters. The minimum absolute atomic E-state index is 0.733. The number of likely N-dealkylation sites (N-methyl/N-ethyl adjacent to an activating group) is 1. The summed E-state index contributed by atoms with van der Waals surface area (Å²) in [7, 11) is 3.95. The Balaban J connectivity index is 2.87. The number of hydrogen-bond donors (Lipinski definition) is 0. The van der Waals surface area contributed by atoms with E-state index in [4.69, 9.17) is 0 Å². The first-order valence-corrected chi connectivity index (χ1v) is 5.49. The number of benzene rings is 1. The standard InChI is InChI=1S/C12H14BrNO/c1-14(2)8-7-11(9-15)10-3-5-12(13)6-4-10/h3-7,9H,8H2,1-2H3/b11-7-. The van der Waals surface area contributed by atoms with Gasteiger partial charge in [0, 0.05) is 16.6 Å². The van der Waals surface area contributed by atoms with E-state index in [0.29, 0.717) is 0 Å². The van der Waals surface area contributed by atoms with Crippen LogP contribution in [0, 0.1) is 0 Å². The minimum atomic E-state index is 0.733. The molecular formula is C12H14BrNO. The van der Waals surface area contributed by atoms with Gasteiger partial charge in [-0.2, -0.15) is 0 Å². The third-order valence-corrected chi connectivity index (χ3v) is 2.51. The van der Waals surface area contributed by atoms with Crippen LogP contribution >= 0.6 is 15.9 Å². The van der Waals surface area contributed by atoms with E-state index in [2.05, 4.69) is 15.9 Å². The molecule has 0 fully saturated rings. The molecule has 15 heavy (non-hydrogen) atoms. The Morgan fingerprint density at radius 3 is 2.40 bits per heavy atom. The van der Waals surface area contributed by atoms with Crippen molar-refractivity contribution in [3.05, 3.63) is 40.4 Å². The topological polar surface area (TPSA) is 20.3 Å². The van der Waals surface area contributed by atoms with Crippen molar-refractivity contribution < 1.29 is 4.79 Å². The van der Waals surface area contributed by atoms with Crippen LogP contribution in [0.5, 0.6) is 0 Å². The van der Waals surface area contributed by atoms with Crippen molar-refractivity contribution in [3.8, 4) is 0 Å². The molecule has 0 unspecified atom stereocenters. The van der Waals surface area contributed by atoms with Gasteiger partial charge in [0.2, 0.25) is 0 Å². The van der Waals surface area contributed by atoms with E-state index in [-0.39, 0.29) is 0 Å². The van der Waals surface area contributed by atoms with Crippen LogP contribution in [0.4, 0.5) is 0 Å². The van der Waals surface area contributed by atoms with Crippen molar-refractivity contribution in [1.29, 1.82) is 0 Å². The summed E-state index contributed by atoms with van der Waals surface area (Å²) in [6.07, 6.45) is 2.82. The molecule has 0 aliphatic rings. The van der Waals surface area contributed by atoms with E-state index in [0.717, 1.165) is 28.4 Å². The van der Waals surface area contributed by atoms with E-state index in [1.54, 1.807) is 0 Å². The zero-order valence-corrected chi connectivity index (χ0v) is 10.5. The van der Waals surface area contributed by atoms with E-state index >= 15 is 0 Å². The lowest BCUT2D eigenvalue weighted by Gasteiger charge is -2.06. The van der Waals surface area contributed by atoms with Crippen molar-refractivity contribution in [2.45, 2.75) is 0 Å². The molecule has 1 aromatic rings. The fourth-order valence-corrected chi connectivity index (χ4v) is 1.42. The van der Waals surface area contributed by atoms with Gasteiger partial charge < -0.3 is 4.90 Å². The smallest absolute Gasteiger partial charge is 0.150 e. The first-order chi connectivity index (χ1) is 7.13. The van der Waals surface area contributed by atoms with Crippen LogP contribution in [0.25, 0.3) is 5.57 Å². The summed E-state index contributed by atoms with van der Waals surface area (Å²) in [6, 6.07) is 7.73. The number of rotatable bonds is 4. The predicted molar refractivity (Wildman–Crippen MR) is 66.7 cm³/mol. The lowest BCUT2D eigenvalue weighted by Crippen LogP contribution is -2.11. The second kappa shape index (κ2) is 5.83. The SMILES string of the molecule is CN(C)C/C=C(/C=O)c1ccc(Br)cc1. The summed E-state index contributed by atoms with van der Waals surface area (Å²) < 4.78 is 1.02. The molecule has 0 aliphatic carbocycles. The largest absolute Gasteiger partial charge is 0.306 e. The number of nitrogens with zero attached hydrogens (tertiary/aromatic N) is 1. The Morgan fingerprint density at radius 2 is 1.93 bits per heavy atom. The molecule has 80 valence electrons. The summed E-state index contributed by atoms with van der Waals surface area (Å²) in [5, 5.41) is 0. The van der Waals surface area contributed by atoms with Gasteiger partial charge in [0.1, 0.15) is 6.29 Å². The summed E-state index contributed by atoms with van der Waals surface area (Å²) in [5.41, 5.74) is 1.69. The van der Waals surface area contributed by atoms with Gasteiger partial charge in [-0.25, -0.2) is 0 Å². The maximum atomic E-state index is 10.9. The molecule has 1 rings (SSSR count). The second-order valence-corrected chi connectivity index (χ2v) is 4.46. The minimum Gasteiger partial charge on any atom is -0.306 e. The van der Waals surface area contributed by atoms with Crippen LogP contribution in [0.15, 0.2) is 34.8 Å². The van der Waals surface area contributed by atoms with Crippen LogP contribution in [0.3, 0.4) is 0 Å². The Kier molecular flexibility index (Phi) is 4.72. The van der Waals surface area contributed by atoms with Crippen molar-refractivity contribution in [2.24, 2.45) is 0 Å². The third kappa shape index (κ3) is 3.98. The maximum Gasteiger partial charge on any atom is 0.150 e. The number of hydrogen-bond acceptors (Lipinski definition) is 2. The molecule has 3 heteroatoms. The first kappa shape index (κ1) is 12.1. The van der Waals surface area contributed by atoms with Crippen LogP contribution in [-0.2, 0) is 4.79 Å². The molecule has 0 saturated carbocycles. The Morgan fingerprint density at radius 1 is 1.33 bits per heavy atom. The molecule has 0 N–H and O–H groups in total. The lowest BCUT2D eigenvalue weighted by atomic mass is 10.1. The lowest BCUT2D eigenvalue weighted by molar-refractivity contribution is -0.103. The van der Waals surface area contributed by atoms with Crippen LogP contribution in [0.2, 0.25) is 0 Å². The average Bonchev–Trinajstić information content (AvgIpc) is 2.21. The van der Waals surface area contributed by atoms with Gasteiger partial charge >= 0.3 is 0 Å². The Bertz CT molecular complexity index is 354. The molecule has 0 heterocycles. The second-order valence-electron chi connectivity index (χ2n) is 3.55. The molecule has 0 spiro atoms. The van der Waals surface area contributed by atoms with Crippen LogP contribution in [-0.4, -0.2) is 31.8 Å². The highest BCUT2D eigenvalue weighted by Gasteiger charge is 1.99. The summed E-state index contributed by atoms with van der Waals surface area (Å²) in [5.74, 6) is 0. The monoisotopic (exact) mass is 267 g/mol. The molecule has 0 bridgehead atoms. The van der Waals surface area contributed by atoms with Gasteiger partial charge in [0.05, 0.1) is 0 Å². The summed E-state index contributed by atoms with van der Waals surface area (Å²) in [6.45, 7) is 0.768. The van der Waals surface area contributed by atoms with Crippen molar-refractivity contribution in [3.63, 3.8) is 0 Å². The summed E-state index contributed by atoms with van der Waals surface area (Å²) in [4.78, 5) is 12.9. The van der Waals surface area contributed by atoms with E-state index < -0.39 is 0 Å². The van der Waals surface area contributed by atoms with E-state index in [9.17, 15) is 4.79 Å². The fraction of sp³-hybridized carbons (Fsp3) is 0.250. The zero-order chi connectivity index (χ0) is 11.3. The van der Waals surface area contributed by atoms with E-state index in [1.165, 1.54) is 0 Å². The predicted octanol–water partition coefficient (Wildman–Crippen LogP) is 2.59. The highest BCUT2D eigenvalue weighted by Crippen LogP contribution is 2.16. The molecule has 0 amide bonds. The van der Waals surface area contributed by atoms with Crippen LogP contribution in [0.1, 0.15) is 5.56 Å². The van der Waals surface area contributed by atoms with E-state index in [1.807, 2.05) is 49.3 Å². The number of halogens is 1. The van der Waals surface area contributed by atoms with Gasteiger partial charge in [-0.15, -0.1) is 0 Å². The maximum absolute atomic E-state index is 10.9. The first-order valence-electron chi connectivity index (χ1n) is 4.69. The molecule has 2 nitrogen and oxygen atoms in total. The summed E-state index contributed by atoms with van der Waals surface area (Å²) >= 11 is 3.36. The normalized spacial score (nSPS) is 11.9. The zero-order valence-electron chi connectivity index (χ0n) is 8.90. The van der Waals surface area contributed by atoms with Gasteiger partial charge in [0.25, 0.3) is 0 Å². The molecule has 0 radical (unpaired) electrons. The third-order valence-electron chi connectivity index (χ3n) is 1.98. The number of aldehydes is 1. The van der Waals surface area contributed by atoms with Crippen molar-refractivity contribution in [1.82, 2.24) is 4.90 Å². The van der Waals surface area contributed by atoms with Crippen molar-refractivity contribution in [2.75, 3.05) is 20.6 Å². The average molecular weight is 268 g/mol. The Hall–Kier alpha value is -0.930. The van der Waals surface area contributed by atoms with Gasteiger partial charge in [-0.3, -0.25) is 4.79 Å². The number of carbonyl (C=O) groups is 1. The quantitative estimate of drug-likeness (QED) is 0.618. The molecule has 0 aromatic heterocycles. The number of allylic oxidation sites excluding steroid dienone is 1. The highest BCUT2D eigenvalue weighted by molar-refractivity contribution is 9.10.